The smallest absolute Gasteiger partial charge is 0.338 e. The van der Waals surface area contributed by atoms with Gasteiger partial charge >= 0.3 is 5.97 Å². The number of hydrogen-bond donors (Lipinski definition) is 1. The summed E-state index contributed by atoms with van der Waals surface area (Å²) in [7, 11) is 1.32. The molecule has 0 aliphatic carbocycles. The van der Waals surface area contributed by atoms with Crippen molar-refractivity contribution in [3.8, 4) is 0 Å². The largest absolute Gasteiger partial charge is 0.465 e. The average Bonchev–Trinajstić information content (AvgIpc) is 2.16. The lowest BCUT2D eigenvalue weighted by atomic mass is 10.0. The second-order valence-corrected chi connectivity index (χ2v) is 2.75. The number of hydrogen-bond acceptors (Lipinski definition) is 3. The molecule has 0 amide bonds. The minimum Gasteiger partial charge on any atom is -0.465 e. The summed E-state index contributed by atoms with van der Waals surface area (Å²) in [6.07, 6.45) is -0.657. The summed E-state index contributed by atoms with van der Waals surface area (Å²) in [5.74, 6) is -0.420. The molecule has 3 nitrogen and oxygen atoms in total. The zero-order valence-corrected chi connectivity index (χ0v) is 7.65. The summed E-state index contributed by atoms with van der Waals surface area (Å²) in [6.45, 7) is 1.61. The molecule has 0 aromatic heterocycles. The Bertz CT molecular complexity index is 305. The number of aliphatic hydroxyl groups is 1. The SMILES string of the molecule is COC(=O)c1ccccc1[C@H](C)O. The number of carbonyl (C=O) groups excluding carboxylic acids is 1. The Morgan fingerprint density at radius 3 is 2.62 bits per heavy atom. The average molecular weight is 180 g/mol. The van der Waals surface area contributed by atoms with Crippen molar-refractivity contribution in [3.63, 3.8) is 0 Å². The summed E-state index contributed by atoms with van der Waals surface area (Å²) in [5, 5.41) is 9.34. The van der Waals surface area contributed by atoms with E-state index in [2.05, 4.69) is 4.74 Å². The fourth-order valence-electron chi connectivity index (χ4n) is 1.16. The maximum atomic E-state index is 11.2. The molecule has 13 heavy (non-hydrogen) atoms. The van der Waals surface area contributed by atoms with Crippen LogP contribution in [0.2, 0.25) is 0 Å². The third-order valence-corrected chi connectivity index (χ3v) is 1.82. The lowest BCUT2D eigenvalue weighted by Crippen LogP contribution is -2.07. The van der Waals surface area contributed by atoms with Gasteiger partial charge in [-0.2, -0.15) is 0 Å². The molecule has 1 atom stereocenters. The third kappa shape index (κ3) is 2.06. The number of aliphatic hydroxyl groups excluding tert-OH is 1. The van der Waals surface area contributed by atoms with Crippen LogP contribution in [0, 0.1) is 0 Å². The van der Waals surface area contributed by atoms with Crippen molar-refractivity contribution in [2.45, 2.75) is 13.0 Å². The quantitative estimate of drug-likeness (QED) is 0.702. The van der Waals surface area contributed by atoms with Gasteiger partial charge in [0.15, 0.2) is 0 Å². The zero-order valence-electron chi connectivity index (χ0n) is 7.65. The lowest BCUT2D eigenvalue weighted by molar-refractivity contribution is 0.0594. The van der Waals surface area contributed by atoms with Gasteiger partial charge in [-0.25, -0.2) is 4.79 Å². The van der Waals surface area contributed by atoms with Crippen LogP contribution < -0.4 is 0 Å². The molecule has 0 aliphatic rings. The van der Waals surface area contributed by atoms with E-state index in [4.69, 9.17) is 0 Å². The second kappa shape index (κ2) is 4.05. The van der Waals surface area contributed by atoms with Crippen molar-refractivity contribution in [2.24, 2.45) is 0 Å². The van der Waals surface area contributed by atoms with Crippen LogP contribution in [-0.2, 0) is 4.74 Å². The summed E-state index contributed by atoms with van der Waals surface area (Å²) in [4.78, 5) is 11.2. The Labute approximate surface area is 77.0 Å². The maximum Gasteiger partial charge on any atom is 0.338 e. The molecule has 0 heterocycles. The number of methoxy groups -OCH3 is 1. The van der Waals surface area contributed by atoms with Gasteiger partial charge in [-0.1, -0.05) is 18.2 Å². The third-order valence-electron chi connectivity index (χ3n) is 1.82. The van der Waals surface area contributed by atoms with Gasteiger partial charge in [0.05, 0.1) is 18.8 Å². The Morgan fingerprint density at radius 1 is 1.46 bits per heavy atom. The fraction of sp³-hybridized carbons (Fsp3) is 0.300. The van der Waals surface area contributed by atoms with E-state index in [9.17, 15) is 9.90 Å². The van der Waals surface area contributed by atoms with E-state index >= 15 is 0 Å². The molecule has 0 unspecified atom stereocenters. The van der Waals surface area contributed by atoms with E-state index in [0.29, 0.717) is 11.1 Å². The highest BCUT2D eigenvalue weighted by Gasteiger charge is 2.13. The van der Waals surface area contributed by atoms with Crippen LogP contribution in [0.3, 0.4) is 0 Å². The summed E-state index contributed by atoms with van der Waals surface area (Å²) < 4.78 is 4.58. The fourth-order valence-corrected chi connectivity index (χ4v) is 1.16. The van der Waals surface area contributed by atoms with Crippen molar-refractivity contribution >= 4 is 5.97 Å². The summed E-state index contributed by atoms with van der Waals surface area (Å²) >= 11 is 0. The monoisotopic (exact) mass is 180 g/mol. The molecule has 1 rings (SSSR count). The minimum absolute atomic E-state index is 0.417. The number of ether oxygens (including phenoxy) is 1. The molecule has 0 radical (unpaired) electrons. The van der Waals surface area contributed by atoms with Crippen LogP contribution in [0.15, 0.2) is 24.3 Å². The molecule has 1 N–H and O–H groups in total. The highest BCUT2D eigenvalue weighted by Crippen LogP contribution is 2.17. The first-order valence-corrected chi connectivity index (χ1v) is 4.02. The van der Waals surface area contributed by atoms with E-state index < -0.39 is 12.1 Å². The van der Waals surface area contributed by atoms with Crippen LogP contribution in [0.5, 0.6) is 0 Å². The minimum atomic E-state index is -0.657. The summed E-state index contributed by atoms with van der Waals surface area (Å²) in [5.41, 5.74) is 1.01. The predicted molar refractivity (Wildman–Crippen MR) is 48.4 cm³/mol. The zero-order chi connectivity index (χ0) is 9.84. The van der Waals surface area contributed by atoms with Crippen molar-refractivity contribution in [2.75, 3.05) is 7.11 Å². The Hall–Kier alpha value is -1.35. The topological polar surface area (TPSA) is 46.5 Å². The van der Waals surface area contributed by atoms with Gasteiger partial charge in [-0.3, -0.25) is 0 Å². The molecule has 70 valence electrons. The molecule has 0 saturated carbocycles. The van der Waals surface area contributed by atoms with E-state index in [-0.39, 0.29) is 0 Å². The summed E-state index contributed by atoms with van der Waals surface area (Å²) in [6, 6.07) is 6.84. The molecule has 0 aliphatic heterocycles. The highest BCUT2D eigenvalue weighted by atomic mass is 16.5. The Kier molecular flexibility index (Phi) is 3.03. The van der Waals surface area contributed by atoms with Gasteiger partial charge in [0.2, 0.25) is 0 Å². The van der Waals surface area contributed by atoms with Gasteiger partial charge in [0.1, 0.15) is 0 Å². The van der Waals surface area contributed by atoms with E-state index in [0.717, 1.165) is 0 Å². The molecule has 0 fully saturated rings. The Balaban J connectivity index is 3.12. The van der Waals surface area contributed by atoms with Gasteiger partial charge in [-0.15, -0.1) is 0 Å². The number of rotatable bonds is 2. The predicted octanol–water partition coefficient (Wildman–Crippen LogP) is 1.53. The molecule has 0 saturated heterocycles. The van der Waals surface area contributed by atoms with Crippen molar-refractivity contribution in [1.29, 1.82) is 0 Å². The second-order valence-electron chi connectivity index (χ2n) is 2.75. The Morgan fingerprint density at radius 2 is 2.08 bits per heavy atom. The normalized spacial score (nSPS) is 12.2. The number of carbonyl (C=O) groups is 1. The van der Waals surface area contributed by atoms with Crippen LogP contribution >= 0.6 is 0 Å². The van der Waals surface area contributed by atoms with Gasteiger partial charge in [0.25, 0.3) is 0 Å². The van der Waals surface area contributed by atoms with E-state index in [1.807, 2.05) is 0 Å². The van der Waals surface area contributed by atoms with Crippen LogP contribution in [0.25, 0.3) is 0 Å². The van der Waals surface area contributed by atoms with Crippen LogP contribution in [0.4, 0.5) is 0 Å². The first-order chi connectivity index (χ1) is 6.16. The molecule has 1 aromatic rings. The maximum absolute atomic E-state index is 11.2. The van der Waals surface area contributed by atoms with E-state index in [1.54, 1.807) is 31.2 Å². The van der Waals surface area contributed by atoms with Crippen molar-refractivity contribution < 1.29 is 14.6 Å². The molecule has 1 aromatic carbocycles. The molecular weight excluding hydrogens is 168 g/mol. The number of esters is 1. The van der Waals surface area contributed by atoms with Crippen LogP contribution in [-0.4, -0.2) is 18.2 Å². The highest BCUT2D eigenvalue weighted by molar-refractivity contribution is 5.91. The molecule has 0 spiro atoms. The number of benzene rings is 1. The van der Waals surface area contributed by atoms with E-state index in [1.165, 1.54) is 7.11 Å². The van der Waals surface area contributed by atoms with Gasteiger partial charge < -0.3 is 9.84 Å². The molecule has 0 bridgehead atoms. The first-order valence-electron chi connectivity index (χ1n) is 4.02. The van der Waals surface area contributed by atoms with Crippen molar-refractivity contribution in [1.82, 2.24) is 0 Å². The van der Waals surface area contributed by atoms with Crippen LogP contribution in [0.1, 0.15) is 28.9 Å². The van der Waals surface area contributed by atoms with Gasteiger partial charge in [0, 0.05) is 0 Å². The standard InChI is InChI=1S/C10H12O3/c1-7(11)8-5-3-4-6-9(8)10(12)13-2/h3-7,11H,1-2H3/t7-/m0/s1. The van der Waals surface area contributed by atoms with Crippen molar-refractivity contribution in [3.05, 3.63) is 35.4 Å². The van der Waals surface area contributed by atoms with Gasteiger partial charge in [-0.05, 0) is 18.6 Å². The first kappa shape index (κ1) is 9.74. The molecular formula is C10H12O3. The molecule has 3 heteroatoms. The lowest BCUT2D eigenvalue weighted by Gasteiger charge is -2.09.